The third-order valence-corrected chi connectivity index (χ3v) is 4.05. The fourth-order valence-corrected chi connectivity index (χ4v) is 2.78. The fraction of sp³-hybridized carbons (Fsp3) is 0.267. The first-order chi connectivity index (χ1) is 10.0. The first kappa shape index (κ1) is 14.2. The van der Waals surface area contributed by atoms with Crippen molar-refractivity contribution in [3.05, 3.63) is 39.6 Å². The molecule has 1 aromatic heterocycles. The molecule has 0 amide bonds. The van der Waals surface area contributed by atoms with E-state index in [1.165, 1.54) is 7.11 Å². The van der Waals surface area contributed by atoms with Crippen LogP contribution in [0, 0.1) is 3.57 Å². The van der Waals surface area contributed by atoms with Crippen molar-refractivity contribution >= 4 is 45.2 Å². The standard InChI is InChI=1S/C15H13IN2O3/c1-15(14(19)20-2)7-13(18-21-15)9-3-4-12-10(5-9)6-11(16)8-17-12/h3-6,8H,7H2,1-2H3. The summed E-state index contributed by atoms with van der Waals surface area (Å²) in [5, 5.41) is 5.09. The SMILES string of the molecule is COC(=O)C1(C)CC(c2ccc3ncc(I)cc3c2)=NO1. The first-order valence-electron chi connectivity index (χ1n) is 6.41. The second kappa shape index (κ2) is 5.25. The molecule has 5 nitrogen and oxygen atoms in total. The minimum atomic E-state index is -1.04. The van der Waals surface area contributed by atoms with E-state index < -0.39 is 11.6 Å². The van der Waals surface area contributed by atoms with Crippen molar-refractivity contribution < 1.29 is 14.4 Å². The van der Waals surface area contributed by atoms with Gasteiger partial charge in [-0.25, -0.2) is 4.79 Å². The lowest BCUT2D eigenvalue weighted by Crippen LogP contribution is -2.36. The highest BCUT2D eigenvalue weighted by atomic mass is 127. The van der Waals surface area contributed by atoms with Crippen molar-refractivity contribution in [2.24, 2.45) is 5.16 Å². The lowest BCUT2D eigenvalue weighted by atomic mass is 9.95. The van der Waals surface area contributed by atoms with Crippen LogP contribution < -0.4 is 0 Å². The number of methoxy groups -OCH3 is 1. The van der Waals surface area contributed by atoms with E-state index in [-0.39, 0.29) is 0 Å². The molecule has 1 aliphatic heterocycles. The number of esters is 1. The Morgan fingerprint density at radius 1 is 1.43 bits per heavy atom. The van der Waals surface area contributed by atoms with Gasteiger partial charge < -0.3 is 9.57 Å². The normalized spacial score (nSPS) is 21.0. The van der Waals surface area contributed by atoms with Gasteiger partial charge in [-0.1, -0.05) is 11.2 Å². The zero-order valence-corrected chi connectivity index (χ0v) is 13.7. The molecule has 2 heterocycles. The van der Waals surface area contributed by atoms with Gasteiger partial charge in [0.2, 0.25) is 5.60 Å². The van der Waals surface area contributed by atoms with Crippen LogP contribution in [-0.2, 0) is 14.4 Å². The van der Waals surface area contributed by atoms with Crippen molar-refractivity contribution in [1.82, 2.24) is 4.98 Å². The summed E-state index contributed by atoms with van der Waals surface area (Å²) < 4.78 is 5.83. The Balaban J connectivity index is 1.93. The minimum absolute atomic E-state index is 0.391. The number of fused-ring (bicyclic) bond motifs is 1. The molecule has 1 aromatic carbocycles. The molecule has 2 aromatic rings. The lowest BCUT2D eigenvalue weighted by Gasteiger charge is -2.17. The monoisotopic (exact) mass is 396 g/mol. The van der Waals surface area contributed by atoms with Gasteiger partial charge in [0.15, 0.2) is 0 Å². The van der Waals surface area contributed by atoms with Gasteiger partial charge in [-0.15, -0.1) is 0 Å². The summed E-state index contributed by atoms with van der Waals surface area (Å²) >= 11 is 2.23. The molecule has 3 rings (SSSR count). The lowest BCUT2D eigenvalue weighted by molar-refractivity contribution is -0.164. The van der Waals surface area contributed by atoms with Crippen LogP contribution in [0.3, 0.4) is 0 Å². The maximum absolute atomic E-state index is 11.7. The number of benzene rings is 1. The number of hydrogen-bond acceptors (Lipinski definition) is 5. The Kier molecular flexibility index (Phi) is 3.56. The van der Waals surface area contributed by atoms with E-state index in [0.29, 0.717) is 6.42 Å². The number of aromatic nitrogens is 1. The molecule has 21 heavy (non-hydrogen) atoms. The van der Waals surface area contributed by atoms with E-state index in [1.54, 1.807) is 6.92 Å². The van der Waals surface area contributed by atoms with Gasteiger partial charge in [0, 0.05) is 27.1 Å². The zero-order valence-electron chi connectivity index (χ0n) is 11.6. The number of ether oxygens (including phenoxy) is 1. The largest absolute Gasteiger partial charge is 0.466 e. The Morgan fingerprint density at radius 3 is 3.00 bits per heavy atom. The number of pyridine rings is 1. The van der Waals surface area contributed by atoms with Crippen LogP contribution in [0.4, 0.5) is 0 Å². The van der Waals surface area contributed by atoms with E-state index >= 15 is 0 Å². The zero-order chi connectivity index (χ0) is 15.0. The Morgan fingerprint density at radius 2 is 2.24 bits per heavy atom. The van der Waals surface area contributed by atoms with Gasteiger partial charge in [0.05, 0.1) is 18.3 Å². The van der Waals surface area contributed by atoms with E-state index in [0.717, 1.165) is 25.7 Å². The molecular formula is C15H13IN2O3. The van der Waals surface area contributed by atoms with Crippen molar-refractivity contribution in [1.29, 1.82) is 0 Å². The molecule has 1 aliphatic rings. The number of halogens is 1. The molecule has 6 heteroatoms. The number of carbonyl (C=O) groups is 1. The Hall–Kier alpha value is -1.70. The molecule has 0 spiro atoms. The van der Waals surface area contributed by atoms with Gasteiger partial charge in [-0.2, -0.15) is 0 Å². The molecule has 0 aliphatic carbocycles. The fourth-order valence-electron chi connectivity index (χ4n) is 2.30. The molecular weight excluding hydrogens is 383 g/mol. The van der Waals surface area contributed by atoms with Crippen LogP contribution in [0.2, 0.25) is 0 Å². The van der Waals surface area contributed by atoms with E-state index in [4.69, 9.17) is 9.57 Å². The van der Waals surface area contributed by atoms with Crippen molar-refractivity contribution in [3.63, 3.8) is 0 Å². The highest BCUT2D eigenvalue weighted by Crippen LogP contribution is 2.28. The quantitative estimate of drug-likeness (QED) is 0.579. The summed E-state index contributed by atoms with van der Waals surface area (Å²) in [6, 6.07) is 7.95. The molecule has 0 bridgehead atoms. The molecule has 1 atom stereocenters. The second-order valence-corrected chi connectivity index (χ2v) is 6.34. The minimum Gasteiger partial charge on any atom is -0.466 e. The van der Waals surface area contributed by atoms with Gasteiger partial charge >= 0.3 is 5.97 Å². The summed E-state index contributed by atoms with van der Waals surface area (Å²) in [5.74, 6) is -0.418. The predicted molar refractivity (Wildman–Crippen MR) is 87.1 cm³/mol. The summed E-state index contributed by atoms with van der Waals surface area (Å²) in [6.45, 7) is 1.68. The maximum atomic E-state index is 11.7. The van der Waals surface area contributed by atoms with Crippen LogP contribution in [-0.4, -0.2) is 29.4 Å². The second-order valence-electron chi connectivity index (χ2n) is 5.09. The van der Waals surface area contributed by atoms with Crippen LogP contribution in [0.25, 0.3) is 10.9 Å². The molecule has 0 saturated heterocycles. The maximum Gasteiger partial charge on any atom is 0.353 e. The van der Waals surface area contributed by atoms with Crippen molar-refractivity contribution in [3.8, 4) is 0 Å². The average molecular weight is 396 g/mol. The highest BCUT2D eigenvalue weighted by Gasteiger charge is 2.43. The number of nitrogens with zero attached hydrogens (tertiary/aromatic N) is 2. The Bertz CT molecular complexity index is 760. The Labute approximate surface area is 135 Å². The average Bonchev–Trinajstić information content (AvgIpc) is 2.89. The van der Waals surface area contributed by atoms with Gasteiger partial charge in [0.1, 0.15) is 0 Å². The van der Waals surface area contributed by atoms with Gasteiger partial charge in [-0.3, -0.25) is 4.98 Å². The van der Waals surface area contributed by atoms with E-state index in [2.05, 4.69) is 38.8 Å². The van der Waals surface area contributed by atoms with Crippen LogP contribution in [0.5, 0.6) is 0 Å². The van der Waals surface area contributed by atoms with E-state index in [9.17, 15) is 4.79 Å². The summed E-state index contributed by atoms with van der Waals surface area (Å²) in [5.41, 5.74) is 1.56. The van der Waals surface area contributed by atoms with Crippen molar-refractivity contribution in [2.75, 3.05) is 7.11 Å². The van der Waals surface area contributed by atoms with Crippen LogP contribution in [0.15, 0.2) is 35.6 Å². The third-order valence-electron chi connectivity index (χ3n) is 3.46. The van der Waals surface area contributed by atoms with Crippen LogP contribution in [0.1, 0.15) is 18.9 Å². The topological polar surface area (TPSA) is 60.8 Å². The number of oxime groups is 1. The van der Waals surface area contributed by atoms with Gasteiger partial charge in [0.25, 0.3) is 0 Å². The molecule has 0 radical (unpaired) electrons. The molecule has 0 saturated carbocycles. The van der Waals surface area contributed by atoms with Gasteiger partial charge in [-0.05, 0) is 47.7 Å². The summed E-state index contributed by atoms with van der Waals surface area (Å²) in [4.78, 5) is 21.4. The number of carbonyl (C=O) groups excluding carboxylic acids is 1. The highest BCUT2D eigenvalue weighted by molar-refractivity contribution is 14.1. The third kappa shape index (κ3) is 2.59. The summed E-state index contributed by atoms with van der Waals surface area (Å²) in [6.07, 6.45) is 2.22. The molecule has 0 N–H and O–H groups in total. The summed E-state index contributed by atoms with van der Waals surface area (Å²) in [7, 11) is 1.35. The van der Waals surface area contributed by atoms with Crippen LogP contribution >= 0.6 is 22.6 Å². The number of rotatable bonds is 2. The smallest absolute Gasteiger partial charge is 0.353 e. The first-order valence-corrected chi connectivity index (χ1v) is 7.49. The molecule has 108 valence electrons. The van der Waals surface area contributed by atoms with E-state index in [1.807, 2.05) is 24.4 Å². The predicted octanol–water partition coefficient (Wildman–Crippen LogP) is 2.90. The number of hydrogen-bond donors (Lipinski definition) is 0. The van der Waals surface area contributed by atoms with Crippen molar-refractivity contribution in [2.45, 2.75) is 18.9 Å². The molecule has 1 unspecified atom stereocenters. The molecule has 0 fully saturated rings.